The second kappa shape index (κ2) is 5.22. The van der Waals surface area contributed by atoms with Crippen molar-refractivity contribution in [2.24, 2.45) is 5.92 Å². The zero-order valence-electron chi connectivity index (χ0n) is 10.5. The smallest absolute Gasteiger partial charge is 0.147 e. The van der Waals surface area contributed by atoms with Gasteiger partial charge < -0.3 is 0 Å². The summed E-state index contributed by atoms with van der Waals surface area (Å²) in [6.45, 7) is 0. The zero-order chi connectivity index (χ0) is 13.2. The van der Waals surface area contributed by atoms with Crippen molar-refractivity contribution in [3.8, 4) is 0 Å². The number of Topliss-reactive ketones (excluding diaryl/α,β-unsaturated/α-hetero) is 1. The fourth-order valence-electron chi connectivity index (χ4n) is 2.31. The molecular weight excluding hydrogens is 248 g/mol. The maximum Gasteiger partial charge on any atom is 0.147 e. The Labute approximate surface area is 108 Å². The van der Waals surface area contributed by atoms with Gasteiger partial charge in [-0.25, -0.2) is 8.42 Å². The first-order valence-corrected chi connectivity index (χ1v) is 8.29. The minimum atomic E-state index is -2.94. The third-order valence-electron chi connectivity index (χ3n) is 3.37. The summed E-state index contributed by atoms with van der Waals surface area (Å²) in [6.07, 6.45) is 2.97. The molecule has 2 unspecified atom stereocenters. The second-order valence-electron chi connectivity index (χ2n) is 5.06. The largest absolute Gasteiger partial charge is 0.299 e. The molecule has 1 aromatic carbocycles. The number of hydrogen-bond donors (Lipinski definition) is 0. The van der Waals surface area contributed by atoms with Crippen molar-refractivity contribution in [1.82, 2.24) is 0 Å². The Balaban J connectivity index is 1.80. The van der Waals surface area contributed by atoms with Crippen molar-refractivity contribution in [2.45, 2.75) is 25.2 Å². The third-order valence-corrected chi connectivity index (χ3v) is 4.40. The van der Waals surface area contributed by atoms with E-state index in [1.807, 2.05) is 18.2 Å². The number of rotatable bonds is 6. The van der Waals surface area contributed by atoms with Crippen LogP contribution in [-0.2, 0) is 14.6 Å². The van der Waals surface area contributed by atoms with Crippen LogP contribution in [0.25, 0.3) is 0 Å². The van der Waals surface area contributed by atoms with Gasteiger partial charge in [0.15, 0.2) is 0 Å². The highest BCUT2D eigenvalue weighted by Gasteiger charge is 2.42. The number of sulfone groups is 1. The number of ketones is 1. The average Bonchev–Trinajstić information content (AvgIpc) is 3.08. The van der Waals surface area contributed by atoms with Crippen LogP contribution in [0.1, 0.15) is 30.7 Å². The number of hydrogen-bond acceptors (Lipinski definition) is 3. The van der Waals surface area contributed by atoms with Gasteiger partial charge in [-0.1, -0.05) is 30.3 Å². The molecule has 4 heteroatoms. The molecule has 0 saturated heterocycles. The first kappa shape index (κ1) is 13.3. The first-order chi connectivity index (χ1) is 8.47. The van der Waals surface area contributed by atoms with E-state index in [0.717, 1.165) is 6.42 Å². The van der Waals surface area contributed by atoms with E-state index in [0.29, 0.717) is 18.8 Å². The fourth-order valence-corrected chi connectivity index (χ4v) is 2.98. The lowest BCUT2D eigenvalue weighted by Gasteiger charge is -2.01. The maximum atomic E-state index is 11.9. The van der Waals surface area contributed by atoms with Crippen LogP contribution in [0.4, 0.5) is 0 Å². The van der Waals surface area contributed by atoms with Crippen LogP contribution in [0.15, 0.2) is 30.3 Å². The molecule has 0 amide bonds. The van der Waals surface area contributed by atoms with Crippen LogP contribution in [0.5, 0.6) is 0 Å². The Bertz CT molecular complexity index is 519. The summed E-state index contributed by atoms with van der Waals surface area (Å²) < 4.78 is 21.9. The van der Waals surface area contributed by atoms with Crippen molar-refractivity contribution >= 4 is 15.6 Å². The second-order valence-corrected chi connectivity index (χ2v) is 7.32. The average molecular weight is 266 g/mol. The summed E-state index contributed by atoms with van der Waals surface area (Å²) in [5.41, 5.74) is 1.22. The van der Waals surface area contributed by atoms with E-state index in [1.165, 1.54) is 11.8 Å². The van der Waals surface area contributed by atoms with Crippen molar-refractivity contribution in [2.75, 3.05) is 12.0 Å². The Morgan fingerprint density at radius 1 is 1.28 bits per heavy atom. The lowest BCUT2D eigenvalue weighted by molar-refractivity contribution is -0.120. The quantitative estimate of drug-likeness (QED) is 0.793. The minimum absolute atomic E-state index is 0.113. The molecule has 2 atom stereocenters. The predicted octanol–water partition coefficient (Wildman–Crippen LogP) is 2.18. The van der Waals surface area contributed by atoms with Gasteiger partial charge in [-0.2, -0.15) is 0 Å². The van der Waals surface area contributed by atoms with E-state index < -0.39 is 9.84 Å². The summed E-state index contributed by atoms with van der Waals surface area (Å²) in [5, 5.41) is 0. The molecule has 0 aliphatic heterocycles. The third kappa shape index (κ3) is 3.67. The molecule has 2 rings (SSSR count). The first-order valence-electron chi connectivity index (χ1n) is 6.23. The SMILES string of the molecule is CS(=O)(=O)CCCC(=O)C1CC1c1ccccc1. The van der Waals surface area contributed by atoms with Crippen molar-refractivity contribution in [3.05, 3.63) is 35.9 Å². The van der Waals surface area contributed by atoms with Crippen molar-refractivity contribution < 1.29 is 13.2 Å². The van der Waals surface area contributed by atoms with Gasteiger partial charge in [-0.3, -0.25) is 4.79 Å². The maximum absolute atomic E-state index is 11.9. The molecule has 0 bridgehead atoms. The molecule has 1 aromatic rings. The highest BCUT2D eigenvalue weighted by Crippen LogP contribution is 2.48. The van der Waals surface area contributed by atoms with E-state index in [4.69, 9.17) is 0 Å². The Hall–Kier alpha value is -1.16. The van der Waals surface area contributed by atoms with Gasteiger partial charge in [0, 0.05) is 18.6 Å². The van der Waals surface area contributed by atoms with Gasteiger partial charge in [-0.05, 0) is 24.3 Å². The van der Waals surface area contributed by atoms with Gasteiger partial charge in [0.25, 0.3) is 0 Å². The molecule has 18 heavy (non-hydrogen) atoms. The molecule has 0 aromatic heterocycles. The molecule has 0 heterocycles. The van der Waals surface area contributed by atoms with E-state index in [9.17, 15) is 13.2 Å². The standard InChI is InChI=1S/C14H18O3S/c1-18(16,17)9-5-8-14(15)13-10-12(13)11-6-3-2-4-7-11/h2-4,6-7,12-13H,5,8-10H2,1H3. The lowest BCUT2D eigenvalue weighted by atomic mass is 10.1. The van der Waals surface area contributed by atoms with Crippen LogP contribution < -0.4 is 0 Å². The number of carbonyl (C=O) groups is 1. The minimum Gasteiger partial charge on any atom is -0.299 e. The fraction of sp³-hybridized carbons (Fsp3) is 0.500. The summed E-state index contributed by atoms with van der Waals surface area (Å²) in [5.74, 6) is 0.804. The van der Waals surface area contributed by atoms with E-state index in [-0.39, 0.29) is 17.5 Å². The van der Waals surface area contributed by atoms with Crippen molar-refractivity contribution in [1.29, 1.82) is 0 Å². The van der Waals surface area contributed by atoms with Crippen LogP contribution in [0.3, 0.4) is 0 Å². The summed E-state index contributed by atoms with van der Waals surface area (Å²) >= 11 is 0. The van der Waals surface area contributed by atoms with Crippen LogP contribution in [-0.4, -0.2) is 26.2 Å². The zero-order valence-corrected chi connectivity index (χ0v) is 11.3. The van der Waals surface area contributed by atoms with Gasteiger partial charge >= 0.3 is 0 Å². The number of benzene rings is 1. The summed E-state index contributed by atoms with van der Waals surface area (Å²) in [6, 6.07) is 10.0. The molecule has 0 N–H and O–H groups in total. The molecule has 98 valence electrons. The Morgan fingerprint density at radius 2 is 1.94 bits per heavy atom. The molecule has 1 saturated carbocycles. The summed E-state index contributed by atoms with van der Waals surface area (Å²) in [7, 11) is -2.94. The van der Waals surface area contributed by atoms with E-state index in [2.05, 4.69) is 12.1 Å². The Morgan fingerprint density at radius 3 is 2.56 bits per heavy atom. The monoisotopic (exact) mass is 266 g/mol. The molecule has 1 aliphatic rings. The van der Waals surface area contributed by atoms with Gasteiger partial charge in [0.1, 0.15) is 15.6 Å². The van der Waals surface area contributed by atoms with Gasteiger partial charge in [0.2, 0.25) is 0 Å². The van der Waals surface area contributed by atoms with Gasteiger partial charge in [0.05, 0.1) is 5.75 Å². The van der Waals surface area contributed by atoms with E-state index >= 15 is 0 Å². The van der Waals surface area contributed by atoms with Crippen LogP contribution >= 0.6 is 0 Å². The van der Waals surface area contributed by atoms with E-state index in [1.54, 1.807) is 0 Å². The van der Waals surface area contributed by atoms with Crippen LogP contribution in [0, 0.1) is 5.92 Å². The molecular formula is C14H18O3S. The molecule has 1 fully saturated rings. The highest BCUT2D eigenvalue weighted by atomic mass is 32.2. The normalized spacial score (nSPS) is 22.7. The predicted molar refractivity (Wildman–Crippen MR) is 71.2 cm³/mol. The van der Waals surface area contributed by atoms with Gasteiger partial charge in [-0.15, -0.1) is 0 Å². The Kier molecular flexibility index (Phi) is 3.85. The summed E-state index contributed by atoms with van der Waals surface area (Å²) in [4.78, 5) is 11.9. The molecule has 1 aliphatic carbocycles. The topological polar surface area (TPSA) is 51.2 Å². The van der Waals surface area contributed by atoms with Crippen molar-refractivity contribution in [3.63, 3.8) is 0 Å². The lowest BCUT2D eigenvalue weighted by Crippen LogP contribution is -2.08. The highest BCUT2D eigenvalue weighted by molar-refractivity contribution is 7.90. The molecule has 0 radical (unpaired) electrons. The van der Waals surface area contributed by atoms with Crippen LogP contribution in [0.2, 0.25) is 0 Å². The number of carbonyl (C=O) groups excluding carboxylic acids is 1. The molecule has 0 spiro atoms. The molecule has 3 nitrogen and oxygen atoms in total.